The zero-order valence-electron chi connectivity index (χ0n) is 49.5. The van der Waals surface area contributed by atoms with Crippen LogP contribution in [0.2, 0.25) is 5.02 Å². The molecule has 6 heterocycles. The lowest BCUT2D eigenvalue weighted by Crippen LogP contribution is -2.52. The second-order valence-corrected chi connectivity index (χ2v) is 25.0. The van der Waals surface area contributed by atoms with Gasteiger partial charge in [-0.3, -0.25) is 33.7 Å². The fourth-order valence-electron chi connectivity index (χ4n) is 13.9. The molecule has 10 atom stereocenters. The molecule has 3 aromatic rings. The summed E-state index contributed by atoms with van der Waals surface area (Å²) in [5.41, 5.74) is -2.69. The number of fused-ring (bicyclic) bond motifs is 15. The number of esters is 1. The molecule has 4 fully saturated rings. The predicted octanol–water partition coefficient (Wildman–Crippen LogP) is 7.55. The number of hydrogen-bond donors (Lipinski definition) is 5. The second kappa shape index (κ2) is 23.1. The highest BCUT2D eigenvalue weighted by atomic mass is 35.5. The van der Waals surface area contributed by atoms with Gasteiger partial charge in [0.05, 0.1) is 62.9 Å². The fourth-order valence-corrected chi connectivity index (χ4v) is 14.3. The number of aliphatic hydroxyl groups excluding tert-OH is 2. The van der Waals surface area contributed by atoms with Crippen molar-refractivity contribution in [3.05, 3.63) is 109 Å². The molecule has 20 nitrogen and oxygen atoms in total. The maximum absolute atomic E-state index is 16.3. The number of phenolic OH excluding ortho intramolecular Hbond substituents is 1. The van der Waals surface area contributed by atoms with Gasteiger partial charge in [0.1, 0.15) is 40.4 Å². The molecule has 5 N–H and O–H groups in total. The van der Waals surface area contributed by atoms with Crippen LogP contribution in [0.5, 0.6) is 11.5 Å². The van der Waals surface area contributed by atoms with E-state index in [1.165, 1.54) is 59.4 Å². The number of ether oxygens (including phenoxy) is 4. The molecular weight excluding hydrogens is 1120 g/mol. The number of carboxylic acids is 1. The summed E-state index contributed by atoms with van der Waals surface area (Å²) in [5, 5.41) is 47.7. The second-order valence-electron chi connectivity index (χ2n) is 24.6. The van der Waals surface area contributed by atoms with Crippen molar-refractivity contribution in [2.45, 2.75) is 148 Å². The number of amides is 1. The number of ketones is 3. The monoisotopic (exact) mass is 1200 g/mol. The summed E-state index contributed by atoms with van der Waals surface area (Å²) in [6.07, 6.45) is 9.55. The Balaban J connectivity index is 0.950. The Hall–Kier alpha value is -6.91. The summed E-state index contributed by atoms with van der Waals surface area (Å²) in [5.74, 6) is -11.6. The molecule has 0 spiro atoms. The van der Waals surface area contributed by atoms with E-state index >= 15 is 14.0 Å². The quantitative estimate of drug-likeness (QED) is 0.129. The van der Waals surface area contributed by atoms with Gasteiger partial charge >= 0.3 is 17.7 Å². The van der Waals surface area contributed by atoms with E-state index in [0.717, 1.165) is 31.7 Å². The molecule has 5 aliphatic heterocycles. The normalized spacial score (nSPS) is 30.7. The Labute approximate surface area is 496 Å². The number of nitrogens with zero attached hydrogens (tertiary/aromatic N) is 4. The molecule has 3 aliphatic carbocycles. The van der Waals surface area contributed by atoms with E-state index < -0.39 is 128 Å². The van der Waals surface area contributed by atoms with Crippen molar-refractivity contribution in [1.82, 2.24) is 19.7 Å². The lowest BCUT2D eigenvalue weighted by atomic mass is 9.78. The van der Waals surface area contributed by atoms with Crippen LogP contribution in [0, 0.1) is 42.3 Å². The molecule has 0 radical (unpaired) electrons. The van der Waals surface area contributed by atoms with Crippen LogP contribution in [0.15, 0.2) is 64.6 Å². The number of carbonyl (C=O) groups excluding carboxylic acids is 5. The Morgan fingerprint density at radius 2 is 1.56 bits per heavy atom. The fraction of sp³-hybridized carbons (Fsp3) is 0.540. The SMILES string of the molecule is CO[C@H]1/C=C/O[C@@]2(C)Oc3c(C)c(O)c4c(c3C2=O)C(=O)C(N2CCC(N(C)C3(C5CCN(c6c(F)cc7c(=O)c(C(=O)O)cn(C8CC8)c7c6Cl)C5)CC3)CC2)=C(NC(=O)/C(C)=C\C=C\[C@H](C)[C@H](O)[C@@H](C)[C@@H](O)[C@@H](C)[C@H](OC(C)=O)[C@@H]1C)C4=O. The smallest absolute Gasteiger partial charge is 0.341 e. The van der Waals surface area contributed by atoms with Gasteiger partial charge in [0.15, 0.2) is 0 Å². The standard InChI is InChI=1S/C63H75ClFN5O15/c1-29-12-11-13-30(2)60(79)66-47-50(68-23-17-37(18-24-68)67(9)63(20-21-63)36-16-22-69(27-36)49-41(65)26-39-48(46(49)64)70(38-14-15-38)28-40(54(39)75)61(80)81)56(77)43-44(55(47)76)53(74)34(6)58-45(43)59(78)62(8,85-58)83-25-19-42(82-10)31(3)57(84-35(7)71)33(5)52(73)32(4)51(29)72/h11-13,19,25-26,28-29,31-33,36-38,42,51-52,57,72-74H,14-18,20-24,27H2,1-10H3,(H,66,79)(H,80,81)/b12-11+,25-19+,30-13-/t29-,31+,32+,33+,36?,42-,51-,52+,57+,62-/m0/s1. The van der Waals surface area contributed by atoms with Crippen molar-refractivity contribution in [3.63, 3.8) is 0 Å². The number of benzene rings is 2. The van der Waals surface area contributed by atoms with Crippen molar-refractivity contribution in [2.24, 2.45) is 29.6 Å². The summed E-state index contributed by atoms with van der Waals surface area (Å²) in [7, 11) is 3.49. The van der Waals surface area contributed by atoms with Gasteiger partial charge in [-0.15, -0.1) is 0 Å². The number of pyridine rings is 1. The third kappa shape index (κ3) is 10.6. The third-order valence-electron chi connectivity index (χ3n) is 19.3. The summed E-state index contributed by atoms with van der Waals surface area (Å²) >= 11 is 7.07. The highest BCUT2D eigenvalue weighted by Gasteiger charge is 2.57. The van der Waals surface area contributed by atoms with Crippen molar-refractivity contribution in [1.29, 1.82) is 0 Å². The zero-order chi connectivity index (χ0) is 61.6. The first-order chi connectivity index (χ1) is 40.2. The number of aromatic carboxylic acids is 1. The molecule has 2 saturated carbocycles. The Kier molecular flexibility index (Phi) is 16.6. The first kappa shape index (κ1) is 61.2. The number of piperidine rings is 1. The van der Waals surface area contributed by atoms with Crippen molar-refractivity contribution in [2.75, 3.05) is 45.2 Å². The maximum atomic E-state index is 16.3. The number of aromatic nitrogens is 1. The van der Waals surface area contributed by atoms with Gasteiger partial charge in [0.25, 0.3) is 11.7 Å². The molecule has 8 aliphatic rings. The number of phenols is 1. The van der Waals surface area contributed by atoms with Crippen LogP contribution in [0.25, 0.3) is 10.9 Å². The largest absolute Gasteiger partial charge is 0.507 e. The van der Waals surface area contributed by atoms with Gasteiger partial charge in [0.2, 0.25) is 17.0 Å². The molecule has 456 valence electrons. The van der Waals surface area contributed by atoms with Crippen LogP contribution in [0.1, 0.15) is 146 Å². The van der Waals surface area contributed by atoms with Gasteiger partial charge in [-0.05, 0) is 83.9 Å². The van der Waals surface area contributed by atoms with E-state index in [-0.39, 0.29) is 80.9 Å². The van der Waals surface area contributed by atoms with Gasteiger partial charge in [0, 0.05) is 106 Å². The van der Waals surface area contributed by atoms with Crippen LogP contribution in [-0.4, -0.2) is 152 Å². The average molecular weight is 1200 g/mol. The lowest BCUT2D eigenvalue weighted by Gasteiger charge is -2.44. The molecule has 1 amide bonds. The number of aromatic hydroxyl groups is 1. The Bertz CT molecular complexity index is 3500. The van der Waals surface area contributed by atoms with Gasteiger partial charge < -0.3 is 59.1 Å². The topological polar surface area (TPSA) is 264 Å². The number of methoxy groups -OCH3 is 1. The molecule has 11 rings (SSSR count). The van der Waals surface area contributed by atoms with Crippen molar-refractivity contribution < 1.29 is 72.5 Å². The lowest BCUT2D eigenvalue weighted by molar-refractivity contribution is -0.160. The molecule has 22 heteroatoms. The highest BCUT2D eigenvalue weighted by molar-refractivity contribution is 6.38. The van der Waals surface area contributed by atoms with Gasteiger partial charge in [-0.25, -0.2) is 9.18 Å². The summed E-state index contributed by atoms with van der Waals surface area (Å²) in [6, 6.07) is 1.02. The van der Waals surface area contributed by atoms with E-state index in [2.05, 4.69) is 17.3 Å². The first-order valence-electron chi connectivity index (χ1n) is 29.2. The van der Waals surface area contributed by atoms with E-state index in [4.69, 9.17) is 30.5 Å². The Morgan fingerprint density at radius 1 is 0.894 bits per heavy atom. The first-order valence-corrected chi connectivity index (χ1v) is 29.6. The van der Waals surface area contributed by atoms with Crippen LogP contribution in [0.4, 0.5) is 10.1 Å². The minimum absolute atomic E-state index is 0.0304. The van der Waals surface area contributed by atoms with E-state index in [9.17, 15) is 44.4 Å². The Morgan fingerprint density at radius 3 is 2.19 bits per heavy atom. The van der Waals surface area contributed by atoms with E-state index in [1.807, 2.05) is 4.90 Å². The number of anilines is 1. The van der Waals surface area contributed by atoms with Crippen LogP contribution >= 0.6 is 11.6 Å². The number of likely N-dealkylation sites (tertiary alicyclic amines) is 1. The molecule has 1 unspecified atom stereocenters. The minimum atomic E-state index is -2.15. The van der Waals surface area contributed by atoms with Crippen LogP contribution in [-0.2, 0) is 23.8 Å². The number of rotatable bonds is 9. The highest BCUT2D eigenvalue weighted by Crippen LogP contribution is 2.54. The number of halogens is 2. The number of allylic oxidation sites excluding steroid dienone is 4. The van der Waals surface area contributed by atoms with Gasteiger partial charge in [-0.2, -0.15) is 0 Å². The number of aliphatic hydroxyl groups is 2. The number of nitrogens with one attached hydrogen (secondary N) is 1. The predicted molar refractivity (Wildman–Crippen MR) is 311 cm³/mol. The van der Waals surface area contributed by atoms with Gasteiger partial charge in [-0.1, -0.05) is 57.5 Å². The molecular formula is C63H75ClFN5O15. The maximum Gasteiger partial charge on any atom is 0.341 e. The molecule has 2 saturated heterocycles. The number of hydrogen-bond acceptors (Lipinski definition) is 17. The summed E-state index contributed by atoms with van der Waals surface area (Å²) in [6.45, 7) is 13.8. The molecule has 85 heavy (non-hydrogen) atoms. The van der Waals surface area contributed by atoms with Crippen molar-refractivity contribution >= 4 is 63.4 Å². The molecule has 5 bridgehead atoms. The number of carbonyl (C=O) groups is 6. The number of Topliss-reactive ketones (excluding diaryl/α,β-unsaturated/α-hetero) is 3. The average Bonchev–Trinajstić information content (AvgIpc) is 1.99. The molecule has 1 aromatic heterocycles. The summed E-state index contributed by atoms with van der Waals surface area (Å²) in [4.78, 5) is 104. The van der Waals surface area contributed by atoms with Crippen LogP contribution in [0.3, 0.4) is 0 Å². The number of carboxylic acid groups (broad SMARTS) is 1. The third-order valence-corrected chi connectivity index (χ3v) is 19.7. The summed E-state index contributed by atoms with van der Waals surface area (Å²) < 4.78 is 41.9. The van der Waals surface area contributed by atoms with E-state index in [1.54, 1.807) is 49.3 Å². The van der Waals surface area contributed by atoms with Crippen molar-refractivity contribution in [3.8, 4) is 11.5 Å². The van der Waals surface area contributed by atoms with E-state index in [0.29, 0.717) is 37.9 Å². The van der Waals surface area contributed by atoms with Crippen LogP contribution < -0.4 is 20.4 Å². The minimum Gasteiger partial charge on any atom is -0.507 e. The molecule has 2 aromatic carbocycles. The zero-order valence-corrected chi connectivity index (χ0v) is 50.3.